The number of aliphatic hydroxyl groups is 1. The lowest BCUT2D eigenvalue weighted by molar-refractivity contribution is -0.120. The molecule has 0 bridgehead atoms. The van der Waals surface area contributed by atoms with E-state index >= 15 is 0 Å². The minimum absolute atomic E-state index is 0.112. The Morgan fingerprint density at radius 1 is 1.44 bits per heavy atom. The van der Waals surface area contributed by atoms with Crippen LogP contribution in [0.2, 0.25) is 0 Å². The van der Waals surface area contributed by atoms with Crippen molar-refractivity contribution in [2.24, 2.45) is 5.41 Å². The van der Waals surface area contributed by atoms with Gasteiger partial charge in [-0.3, -0.25) is 0 Å². The van der Waals surface area contributed by atoms with Crippen LogP contribution >= 0.6 is 0 Å². The second-order valence-electron chi connectivity index (χ2n) is 5.20. The lowest BCUT2D eigenvalue weighted by Crippen LogP contribution is -2.44. The average molecular weight is 251 g/mol. The summed E-state index contributed by atoms with van der Waals surface area (Å²) in [5.74, 6) is 0.758. The van der Waals surface area contributed by atoms with Gasteiger partial charge in [-0.05, 0) is 13.1 Å². The Morgan fingerprint density at radius 3 is 2.78 bits per heavy atom. The first-order valence-electron chi connectivity index (χ1n) is 6.27. The van der Waals surface area contributed by atoms with Crippen LogP contribution in [0.3, 0.4) is 0 Å². The molecule has 1 aromatic carbocycles. The Bertz CT molecular complexity index is 390. The smallest absolute Gasteiger partial charge is 0.125 e. The summed E-state index contributed by atoms with van der Waals surface area (Å²) < 4.78 is 11.0. The Balaban J connectivity index is 2.02. The van der Waals surface area contributed by atoms with Gasteiger partial charge in [0.25, 0.3) is 0 Å². The first kappa shape index (κ1) is 13.3. The van der Waals surface area contributed by atoms with E-state index < -0.39 is 6.10 Å². The molecule has 100 valence electrons. The highest BCUT2D eigenvalue weighted by Crippen LogP contribution is 2.30. The van der Waals surface area contributed by atoms with Crippen LogP contribution in [-0.2, 0) is 4.74 Å². The van der Waals surface area contributed by atoms with E-state index in [4.69, 9.17) is 9.47 Å². The van der Waals surface area contributed by atoms with Gasteiger partial charge >= 0.3 is 0 Å². The van der Waals surface area contributed by atoms with Crippen LogP contribution < -0.4 is 10.1 Å². The molecular formula is C14H21NO3. The molecule has 0 aliphatic carbocycles. The van der Waals surface area contributed by atoms with Gasteiger partial charge in [-0.2, -0.15) is 0 Å². The average Bonchev–Trinajstić information content (AvgIpc) is 2.35. The van der Waals surface area contributed by atoms with Crippen LogP contribution in [-0.4, -0.2) is 38.5 Å². The summed E-state index contributed by atoms with van der Waals surface area (Å²) in [4.78, 5) is 0. The SMILES string of the molecule is CNCC(O)c1ccccc1OCC1(C)COC1. The fourth-order valence-electron chi connectivity index (χ4n) is 1.98. The number of benzene rings is 1. The quantitative estimate of drug-likeness (QED) is 0.801. The Hall–Kier alpha value is -1.10. The van der Waals surface area contributed by atoms with Gasteiger partial charge in [0, 0.05) is 17.5 Å². The summed E-state index contributed by atoms with van der Waals surface area (Å²) in [6, 6.07) is 7.63. The summed E-state index contributed by atoms with van der Waals surface area (Å²) in [5, 5.41) is 13.0. The van der Waals surface area contributed by atoms with Crippen molar-refractivity contribution >= 4 is 0 Å². The number of rotatable bonds is 6. The molecule has 1 unspecified atom stereocenters. The summed E-state index contributed by atoms with van der Waals surface area (Å²) in [6.45, 7) is 4.77. The molecule has 1 aliphatic heterocycles. The highest BCUT2D eigenvalue weighted by Gasteiger charge is 2.34. The molecule has 1 atom stereocenters. The molecule has 1 aliphatic rings. The van der Waals surface area contributed by atoms with E-state index in [1.165, 1.54) is 0 Å². The second kappa shape index (κ2) is 5.69. The monoisotopic (exact) mass is 251 g/mol. The van der Waals surface area contributed by atoms with E-state index in [0.717, 1.165) is 24.5 Å². The van der Waals surface area contributed by atoms with Gasteiger partial charge in [0.1, 0.15) is 5.75 Å². The van der Waals surface area contributed by atoms with Crippen molar-refractivity contribution in [3.05, 3.63) is 29.8 Å². The van der Waals surface area contributed by atoms with E-state index in [2.05, 4.69) is 12.2 Å². The molecule has 1 fully saturated rings. The molecule has 2 N–H and O–H groups in total. The zero-order chi connectivity index (χ0) is 13.0. The molecule has 0 aromatic heterocycles. The fourth-order valence-corrected chi connectivity index (χ4v) is 1.98. The van der Waals surface area contributed by atoms with Gasteiger partial charge in [0.05, 0.1) is 25.9 Å². The number of likely N-dealkylation sites (N-methyl/N-ethyl adjacent to an activating group) is 1. The summed E-state index contributed by atoms with van der Waals surface area (Å²) in [5.41, 5.74) is 0.942. The third-order valence-electron chi connectivity index (χ3n) is 3.15. The minimum atomic E-state index is -0.545. The molecule has 1 heterocycles. The van der Waals surface area contributed by atoms with Crippen molar-refractivity contribution < 1.29 is 14.6 Å². The van der Waals surface area contributed by atoms with Crippen molar-refractivity contribution in [3.8, 4) is 5.75 Å². The lowest BCUT2D eigenvalue weighted by atomic mass is 9.90. The second-order valence-corrected chi connectivity index (χ2v) is 5.20. The highest BCUT2D eigenvalue weighted by molar-refractivity contribution is 5.35. The molecule has 1 aromatic rings. The molecule has 4 heteroatoms. The van der Waals surface area contributed by atoms with Crippen LogP contribution in [0.4, 0.5) is 0 Å². The number of nitrogens with one attached hydrogen (secondary N) is 1. The maximum absolute atomic E-state index is 10.0. The molecule has 0 saturated carbocycles. The Morgan fingerprint density at radius 2 is 2.17 bits per heavy atom. The third kappa shape index (κ3) is 3.02. The molecule has 0 spiro atoms. The Labute approximate surface area is 108 Å². The van der Waals surface area contributed by atoms with Crippen molar-refractivity contribution in [1.82, 2.24) is 5.32 Å². The van der Waals surface area contributed by atoms with Crippen molar-refractivity contribution in [2.75, 3.05) is 33.4 Å². The molecule has 1 saturated heterocycles. The van der Waals surface area contributed by atoms with Crippen molar-refractivity contribution in [1.29, 1.82) is 0 Å². The largest absolute Gasteiger partial charge is 0.492 e. The number of hydrogen-bond donors (Lipinski definition) is 2. The van der Waals surface area contributed by atoms with Crippen LogP contribution in [0.5, 0.6) is 5.75 Å². The van der Waals surface area contributed by atoms with Gasteiger partial charge in [-0.1, -0.05) is 25.1 Å². The molecule has 4 nitrogen and oxygen atoms in total. The zero-order valence-corrected chi connectivity index (χ0v) is 11.0. The highest BCUT2D eigenvalue weighted by atomic mass is 16.5. The van der Waals surface area contributed by atoms with Crippen molar-refractivity contribution in [3.63, 3.8) is 0 Å². The standard InChI is InChI=1S/C14H21NO3/c1-14(8-17-9-14)10-18-13-6-4-3-5-11(13)12(16)7-15-2/h3-6,12,15-16H,7-10H2,1-2H3. The van der Waals surface area contributed by atoms with E-state index in [9.17, 15) is 5.11 Å². The molecule has 0 amide bonds. The van der Waals surface area contributed by atoms with Crippen molar-refractivity contribution in [2.45, 2.75) is 13.0 Å². The first-order valence-corrected chi connectivity index (χ1v) is 6.27. The fraction of sp³-hybridized carbons (Fsp3) is 0.571. The predicted molar refractivity (Wildman–Crippen MR) is 69.7 cm³/mol. The predicted octanol–water partition coefficient (Wildman–Crippen LogP) is 1.35. The Kier molecular flexibility index (Phi) is 4.22. The third-order valence-corrected chi connectivity index (χ3v) is 3.15. The topological polar surface area (TPSA) is 50.7 Å². The number of para-hydroxylation sites is 1. The zero-order valence-electron chi connectivity index (χ0n) is 11.0. The van der Waals surface area contributed by atoms with Gasteiger partial charge < -0.3 is 19.9 Å². The minimum Gasteiger partial charge on any atom is -0.492 e. The lowest BCUT2D eigenvalue weighted by Gasteiger charge is -2.37. The van der Waals surface area contributed by atoms with Gasteiger partial charge in [0.15, 0.2) is 0 Å². The van der Waals surface area contributed by atoms with Gasteiger partial charge in [-0.15, -0.1) is 0 Å². The van der Waals surface area contributed by atoms with E-state index in [1.807, 2.05) is 31.3 Å². The van der Waals surface area contributed by atoms with Crippen LogP contribution in [0, 0.1) is 5.41 Å². The number of aliphatic hydroxyl groups excluding tert-OH is 1. The van der Waals surface area contributed by atoms with E-state index in [-0.39, 0.29) is 5.41 Å². The molecule has 18 heavy (non-hydrogen) atoms. The van der Waals surface area contributed by atoms with Gasteiger partial charge in [-0.25, -0.2) is 0 Å². The summed E-state index contributed by atoms with van der Waals surface area (Å²) in [7, 11) is 1.82. The van der Waals surface area contributed by atoms with E-state index in [0.29, 0.717) is 13.2 Å². The van der Waals surface area contributed by atoms with Gasteiger partial charge in [0.2, 0.25) is 0 Å². The number of hydrogen-bond acceptors (Lipinski definition) is 4. The first-order chi connectivity index (χ1) is 8.64. The van der Waals surface area contributed by atoms with Crippen LogP contribution in [0.1, 0.15) is 18.6 Å². The van der Waals surface area contributed by atoms with Crippen LogP contribution in [0.15, 0.2) is 24.3 Å². The molecule has 2 rings (SSSR count). The summed E-state index contributed by atoms with van der Waals surface area (Å²) >= 11 is 0. The van der Waals surface area contributed by atoms with Crippen LogP contribution in [0.25, 0.3) is 0 Å². The normalized spacial score (nSPS) is 19.1. The molecule has 0 radical (unpaired) electrons. The van der Waals surface area contributed by atoms with E-state index in [1.54, 1.807) is 0 Å². The number of ether oxygens (including phenoxy) is 2. The molecular weight excluding hydrogens is 230 g/mol. The maximum atomic E-state index is 10.0. The summed E-state index contributed by atoms with van der Waals surface area (Å²) in [6.07, 6.45) is -0.545. The maximum Gasteiger partial charge on any atom is 0.125 e.